The Labute approximate surface area is 139 Å². The van der Waals surface area contributed by atoms with E-state index in [1.807, 2.05) is 12.1 Å². The zero-order valence-electron chi connectivity index (χ0n) is 12.2. The van der Waals surface area contributed by atoms with E-state index in [0.29, 0.717) is 18.0 Å². The van der Waals surface area contributed by atoms with E-state index < -0.39 is 0 Å². The summed E-state index contributed by atoms with van der Waals surface area (Å²) >= 11 is 0. The lowest BCUT2D eigenvalue weighted by atomic mass is 9.81. The Balaban J connectivity index is 0.00000110. The van der Waals surface area contributed by atoms with Gasteiger partial charge in [0.15, 0.2) is 0 Å². The number of rotatable bonds is 2. The second-order valence-electron chi connectivity index (χ2n) is 6.07. The molecule has 2 nitrogen and oxygen atoms in total. The second-order valence-corrected chi connectivity index (χ2v) is 6.07. The van der Waals surface area contributed by atoms with Crippen LogP contribution in [0.5, 0.6) is 0 Å². The fraction of sp³-hybridized carbons (Fsp3) is 0.625. The Hall–Kier alpha value is -0.350. The highest BCUT2D eigenvalue weighted by molar-refractivity contribution is 5.85. The van der Waals surface area contributed by atoms with Crippen molar-refractivity contribution in [2.75, 3.05) is 13.1 Å². The lowest BCUT2D eigenvalue weighted by molar-refractivity contribution is 0.179. The third-order valence-corrected chi connectivity index (χ3v) is 4.81. The molecule has 0 bridgehead atoms. The molecule has 1 atom stereocenters. The summed E-state index contributed by atoms with van der Waals surface area (Å²) in [4.78, 5) is 2.54. The first-order valence-corrected chi connectivity index (χ1v) is 7.48. The van der Waals surface area contributed by atoms with E-state index in [2.05, 4.69) is 4.90 Å². The van der Waals surface area contributed by atoms with Gasteiger partial charge in [0.05, 0.1) is 0 Å². The summed E-state index contributed by atoms with van der Waals surface area (Å²) in [6.45, 7) is 2.20. The Morgan fingerprint density at radius 1 is 1.00 bits per heavy atom. The van der Waals surface area contributed by atoms with Crippen LogP contribution in [0.15, 0.2) is 24.3 Å². The quantitative estimate of drug-likeness (QED) is 0.892. The van der Waals surface area contributed by atoms with Crippen LogP contribution in [0.1, 0.15) is 43.6 Å². The summed E-state index contributed by atoms with van der Waals surface area (Å²) in [5.41, 5.74) is 6.89. The Morgan fingerprint density at radius 3 is 2.24 bits per heavy atom. The first kappa shape index (κ1) is 18.7. The van der Waals surface area contributed by atoms with Gasteiger partial charge in [0.25, 0.3) is 0 Å². The van der Waals surface area contributed by atoms with Crippen molar-refractivity contribution in [2.24, 2.45) is 5.73 Å². The van der Waals surface area contributed by atoms with E-state index in [4.69, 9.17) is 5.73 Å². The molecule has 1 aromatic carbocycles. The number of hydrogen-bond donors (Lipinski definition) is 1. The van der Waals surface area contributed by atoms with Crippen LogP contribution in [-0.4, -0.2) is 30.1 Å². The molecule has 1 saturated carbocycles. The highest BCUT2D eigenvalue weighted by Crippen LogP contribution is 2.36. The van der Waals surface area contributed by atoms with E-state index >= 15 is 0 Å². The highest BCUT2D eigenvalue weighted by atomic mass is 35.5. The maximum atomic E-state index is 13.8. The van der Waals surface area contributed by atoms with Crippen LogP contribution in [0, 0.1) is 5.82 Å². The third kappa shape index (κ3) is 4.32. The van der Waals surface area contributed by atoms with Crippen molar-refractivity contribution in [1.82, 2.24) is 4.90 Å². The topological polar surface area (TPSA) is 29.3 Å². The van der Waals surface area contributed by atoms with Crippen molar-refractivity contribution in [3.8, 4) is 0 Å². The average molecular weight is 335 g/mol. The molecule has 1 aromatic rings. The van der Waals surface area contributed by atoms with Gasteiger partial charge in [0.1, 0.15) is 5.82 Å². The van der Waals surface area contributed by atoms with Gasteiger partial charge in [-0.3, -0.25) is 4.90 Å². The van der Waals surface area contributed by atoms with Crippen LogP contribution in [0.25, 0.3) is 0 Å². The Kier molecular flexibility index (Phi) is 7.41. The van der Waals surface area contributed by atoms with E-state index in [-0.39, 0.29) is 30.6 Å². The molecule has 1 heterocycles. The molecule has 1 unspecified atom stereocenters. The molecule has 0 amide bonds. The molecular weight excluding hydrogens is 310 g/mol. The van der Waals surface area contributed by atoms with Gasteiger partial charge in [-0.1, -0.05) is 18.2 Å². The lowest BCUT2D eigenvalue weighted by Crippen LogP contribution is -2.37. The van der Waals surface area contributed by atoms with Crippen LogP contribution >= 0.6 is 24.8 Å². The number of likely N-dealkylation sites (tertiary alicyclic amines) is 1. The summed E-state index contributed by atoms with van der Waals surface area (Å²) in [6, 6.07) is 8.30. The number of hydrogen-bond acceptors (Lipinski definition) is 2. The van der Waals surface area contributed by atoms with E-state index in [1.54, 1.807) is 12.1 Å². The minimum Gasteiger partial charge on any atom is -0.326 e. The number of nitrogens with zero attached hydrogens (tertiary/aromatic N) is 1. The van der Waals surface area contributed by atoms with Gasteiger partial charge in [-0.15, -0.1) is 24.8 Å². The predicted molar refractivity (Wildman–Crippen MR) is 90.1 cm³/mol. The van der Waals surface area contributed by atoms with Gasteiger partial charge in [-0.05, 0) is 49.7 Å². The molecule has 0 radical (unpaired) electrons. The van der Waals surface area contributed by atoms with Crippen LogP contribution < -0.4 is 5.73 Å². The molecule has 21 heavy (non-hydrogen) atoms. The second kappa shape index (κ2) is 8.33. The number of nitrogens with two attached hydrogens (primary N) is 1. The van der Waals surface area contributed by atoms with Gasteiger partial charge in [-0.2, -0.15) is 0 Å². The molecule has 3 rings (SSSR count). The molecule has 2 aliphatic rings. The zero-order valence-corrected chi connectivity index (χ0v) is 13.8. The van der Waals surface area contributed by atoms with Crippen LogP contribution in [-0.2, 0) is 0 Å². The monoisotopic (exact) mass is 334 g/mol. The first-order chi connectivity index (χ1) is 9.24. The first-order valence-electron chi connectivity index (χ1n) is 7.48. The van der Waals surface area contributed by atoms with E-state index in [1.165, 1.54) is 12.8 Å². The van der Waals surface area contributed by atoms with Crippen molar-refractivity contribution in [3.63, 3.8) is 0 Å². The summed E-state index contributed by atoms with van der Waals surface area (Å²) in [5.74, 6) is 0.378. The maximum absolute atomic E-state index is 13.8. The minimum absolute atomic E-state index is 0. The highest BCUT2D eigenvalue weighted by Gasteiger charge is 2.30. The van der Waals surface area contributed by atoms with E-state index in [0.717, 1.165) is 37.9 Å². The van der Waals surface area contributed by atoms with Crippen molar-refractivity contribution < 1.29 is 4.39 Å². The predicted octanol–water partition coefficient (Wildman–Crippen LogP) is 3.73. The molecule has 2 N–H and O–H groups in total. The van der Waals surface area contributed by atoms with Crippen LogP contribution in [0.4, 0.5) is 4.39 Å². The van der Waals surface area contributed by atoms with Crippen molar-refractivity contribution in [2.45, 2.75) is 50.1 Å². The molecule has 1 saturated heterocycles. The van der Waals surface area contributed by atoms with Gasteiger partial charge >= 0.3 is 0 Å². The van der Waals surface area contributed by atoms with Crippen LogP contribution in [0.3, 0.4) is 0 Å². The molecule has 120 valence electrons. The van der Waals surface area contributed by atoms with Crippen LogP contribution in [0.2, 0.25) is 0 Å². The molecule has 0 spiro atoms. The molecular formula is C16H25Cl2FN2. The average Bonchev–Trinajstić information content (AvgIpc) is 2.86. The van der Waals surface area contributed by atoms with E-state index in [9.17, 15) is 4.39 Å². The van der Waals surface area contributed by atoms with Crippen molar-refractivity contribution in [1.29, 1.82) is 0 Å². The normalized spacial score (nSPS) is 29.5. The number of benzene rings is 1. The standard InChI is InChI=1S/C16H23FN2.2ClH/c17-16-4-2-1-3-15(16)12-5-7-14(8-6-12)19-10-9-13(18)11-19;;/h1-4,12-14H,5-11,18H2;2*1H/t12-,13?,14-;;. The van der Waals surface area contributed by atoms with Gasteiger partial charge < -0.3 is 5.73 Å². The molecule has 1 aliphatic heterocycles. The molecule has 2 fully saturated rings. The minimum atomic E-state index is -0.0332. The third-order valence-electron chi connectivity index (χ3n) is 4.81. The van der Waals surface area contributed by atoms with Gasteiger partial charge in [0, 0.05) is 25.2 Å². The van der Waals surface area contributed by atoms with Gasteiger partial charge in [0.2, 0.25) is 0 Å². The Bertz CT molecular complexity index is 436. The smallest absolute Gasteiger partial charge is 0.126 e. The van der Waals surface area contributed by atoms with Crippen molar-refractivity contribution in [3.05, 3.63) is 35.6 Å². The lowest BCUT2D eigenvalue weighted by Gasteiger charge is -2.34. The number of halogens is 3. The molecule has 5 heteroatoms. The molecule has 0 aromatic heterocycles. The largest absolute Gasteiger partial charge is 0.326 e. The Morgan fingerprint density at radius 2 is 1.67 bits per heavy atom. The van der Waals surface area contributed by atoms with Gasteiger partial charge in [-0.25, -0.2) is 4.39 Å². The summed E-state index contributed by atoms with van der Waals surface area (Å²) in [6.07, 6.45) is 5.72. The summed E-state index contributed by atoms with van der Waals surface area (Å²) in [7, 11) is 0. The maximum Gasteiger partial charge on any atom is 0.126 e. The summed E-state index contributed by atoms with van der Waals surface area (Å²) < 4.78 is 13.8. The SMILES string of the molecule is Cl.Cl.NC1CCN([C@H]2CC[C@H](c3ccccc3F)CC2)C1. The van der Waals surface area contributed by atoms with Crippen molar-refractivity contribution >= 4 is 24.8 Å². The molecule has 1 aliphatic carbocycles. The summed E-state index contributed by atoms with van der Waals surface area (Å²) in [5, 5.41) is 0. The fourth-order valence-electron chi connectivity index (χ4n) is 3.71. The fourth-order valence-corrected chi connectivity index (χ4v) is 3.71. The zero-order chi connectivity index (χ0) is 13.2.